The number of nitrogens with zero attached hydrogens (tertiary/aromatic N) is 4. The lowest BCUT2D eigenvalue weighted by atomic mass is 9.96. The molecule has 0 radical (unpaired) electrons. The largest absolute Gasteiger partial charge is 0.487 e. The second-order valence-electron chi connectivity index (χ2n) is 8.76. The number of rotatable bonds is 6. The SMILES string of the molecule is Cc1cccnc1NC(=O)C1CCCN(C(=O)c2cccc(OCc3cn4ccccc4n3)c2)C1. The number of ether oxygens (including phenoxy) is 1. The fourth-order valence-electron chi connectivity index (χ4n) is 4.33. The summed E-state index contributed by atoms with van der Waals surface area (Å²) in [5.74, 6) is 0.688. The number of piperidine rings is 1. The maximum atomic E-state index is 13.2. The van der Waals surface area contributed by atoms with E-state index in [2.05, 4.69) is 15.3 Å². The van der Waals surface area contributed by atoms with Gasteiger partial charge in [-0.3, -0.25) is 9.59 Å². The van der Waals surface area contributed by atoms with E-state index >= 15 is 0 Å². The van der Waals surface area contributed by atoms with Crippen LogP contribution in [0.3, 0.4) is 0 Å². The molecule has 5 rings (SSSR count). The molecular weight excluding hydrogens is 442 g/mol. The van der Waals surface area contributed by atoms with Crippen molar-refractivity contribution < 1.29 is 14.3 Å². The lowest BCUT2D eigenvalue weighted by Gasteiger charge is -2.32. The van der Waals surface area contributed by atoms with Crippen molar-refractivity contribution in [3.63, 3.8) is 0 Å². The predicted octanol–water partition coefficient (Wildman–Crippen LogP) is 4.11. The van der Waals surface area contributed by atoms with E-state index in [-0.39, 0.29) is 17.7 Å². The Morgan fingerprint density at radius 1 is 1.14 bits per heavy atom. The lowest BCUT2D eigenvalue weighted by molar-refractivity contribution is -0.121. The van der Waals surface area contributed by atoms with Crippen molar-refractivity contribution in [1.29, 1.82) is 0 Å². The molecule has 0 aliphatic carbocycles. The summed E-state index contributed by atoms with van der Waals surface area (Å²) in [6, 6.07) is 16.7. The molecule has 8 heteroatoms. The van der Waals surface area contributed by atoms with Crippen LogP contribution in [0.5, 0.6) is 5.75 Å². The first-order chi connectivity index (χ1) is 17.1. The molecular formula is C27H27N5O3. The first-order valence-corrected chi connectivity index (χ1v) is 11.7. The molecule has 2 amide bonds. The molecule has 1 aromatic carbocycles. The number of pyridine rings is 2. The number of anilines is 1. The highest BCUT2D eigenvalue weighted by atomic mass is 16.5. The highest BCUT2D eigenvalue weighted by Crippen LogP contribution is 2.23. The number of nitrogens with one attached hydrogen (secondary N) is 1. The average Bonchev–Trinajstić information content (AvgIpc) is 3.32. The zero-order valence-electron chi connectivity index (χ0n) is 19.6. The van der Waals surface area contributed by atoms with E-state index in [1.165, 1.54) is 0 Å². The second kappa shape index (κ2) is 9.97. The molecule has 4 aromatic rings. The van der Waals surface area contributed by atoms with Gasteiger partial charge in [0, 0.05) is 37.2 Å². The van der Waals surface area contributed by atoms with Crippen LogP contribution >= 0.6 is 0 Å². The van der Waals surface area contributed by atoms with Gasteiger partial charge in [0.05, 0.1) is 11.6 Å². The maximum Gasteiger partial charge on any atom is 0.254 e. The third-order valence-corrected chi connectivity index (χ3v) is 6.21. The summed E-state index contributed by atoms with van der Waals surface area (Å²) < 4.78 is 7.86. The van der Waals surface area contributed by atoms with Crippen molar-refractivity contribution in [2.75, 3.05) is 18.4 Å². The average molecular weight is 470 g/mol. The Balaban J connectivity index is 1.22. The van der Waals surface area contributed by atoms with Crippen LogP contribution in [0.2, 0.25) is 0 Å². The van der Waals surface area contributed by atoms with Gasteiger partial charge in [0.25, 0.3) is 5.91 Å². The highest BCUT2D eigenvalue weighted by Gasteiger charge is 2.29. The van der Waals surface area contributed by atoms with Crippen LogP contribution in [0.15, 0.2) is 73.2 Å². The lowest BCUT2D eigenvalue weighted by Crippen LogP contribution is -2.43. The predicted molar refractivity (Wildman–Crippen MR) is 132 cm³/mol. The quantitative estimate of drug-likeness (QED) is 0.459. The van der Waals surface area contributed by atoms with Crippen molar-refractivity contribution in [3.8, 4) is 5.75 Å². The molecule has 1 atom stereocenters. The number of hydrogen-bond donors (Lipinski definition) is 1. The summed E-state index contributed by atoms with van der Waals surface area (Å²) in [5, 5.41) is 2.91. The van der Waals surface area contributed by atoms with Gasteiger partial charge < -0.3 is 19.4 Å². The molecule has 8 nitrogen and oxygen atoms in total. The number of fused-ring (bicyclic) bond motifs is 1. The Bertz CT molecular complexity index is 1330. The van der Waals surface area contributed by atoms with Gasteiger partial charge in [-0.1, -0.05) is 18.2 Å². The zero-order chi connectivity index (χ0) is 24.2. The molecule has 1 unspecified atom stereocenters. The van der Waals surface area contributed by atoms with Crippen molar-refractivity contribution >= 4 is 23.3 Å². The number of carbonyl (C=O) groups excluding carboxylic acids is 2. The summed E-state index contributed by atoms with van der Waals surface area (Å²) in [4.78, 5) is 36.6. The van der Waals surface area contributed by atoms with E-state index in [0.717, 1.165) is 29.7 Å². The molecule has 1 N–H and O–H groups in total. The second-order valence-corrected chi connectivity index (χ2v) is 8.76. The maximum absolute atomic E-state index is 13.2. The van der Waals surface area contributed by atoms with Gasteiger partial charge in [-0.05, 0) is 61.7 Å². The van der Waals surface area contributed by atoms with Crippen molar-refractivity contribution in [1.82, 2.24) is 19.3 Å². The van der Waals surface area contributed by atoms with Gasteiger partial charge in [-0.25, -0.2) is 9.97 Å². The summed E-state index contributed by atoms with van der Waals surface area (Å²) in [6.45, 7) is 3.21. The van der Waals surface area contributed by atoms with Crippen LogP contribution < -0.4 is 10.1 Å². The fraction of sp³-hybridized carbons (Fsp3) is 0.259. The van der Waals surface area contributed by atoms with Gasteiger partial charge >= 0.3 is 0 Å². The molecule has 0 spiro atoms. The molecule has 0 saturated carbocycles. The van der Waals surface area contributed by atoms with E-state index in [1.54, 1.807) is 23.2 Å². The molecule has 1 aliphatic heterocycles. The Hall–Kier alpha value is -4.20. The van der Waals surface area contributed by atoms with Crippen LogP contribution in [0, 0.1) is 12.8 Å². The van der Waals surface area contributed by atoms with E-state index in [9.17, 15) is 9.59 Å². The number of hydrogen-bond acceptors (Lipinski definition) is 5. The van der Waals surface area contributed by atoms with Crippen molar-refractivity contribution in [2.45, 2.75) is 26.4 Å². The van der Waals surface area contributed by atoms with Crippen LogP contribution in [0.4, 0.5) is 5.82 Å². The zero-order valence-corrected chi connectivity index (χ0v) is 19.6. The number of likely N-dealkylation sites (tertiary alicyclic amines) is 1. The number of imidazole rings is 1. The molecule has 178 valence electrons. The minimum absolute atomic E-state index is 0.102. The molecule has 35 heavy (non-hydrogen) atoms. The normalized spacial score (nSPS) is 15.7. The number of benzene rings is 1. The topological polar surface area (TPSA) is 88.8 Å². The van der Waals surface area contributed by atoms with Gasteiger partial charge in [0.1, 0.15) is 23.8 Å². The highest BCUT2D eigenvalue weighted by molar-refractivity contribution is 5.96. The molecule has 1 fully saturated rings. The Morgan fingerprint density at radius 2 is 2.06 bits per heavy atom. The minimum Gasteiger partial charge on any atom is -0.487 e. The first kappa shape index (κ1) is 22.6. The van der Waals surface area contributed by atoms with E-state index in [0.29, 0.717) is 36.8 Å². The number of amides is 2. The number of aromatic nitrogens is 3. The summed E-state index contributed by atoms with van der Waals surface area (Å²) >= 11 is 0. The number of aryl methyl sites for hydroxylation is 1. The molecule has 0 bridgehead atoms. The Morgan fingerprint density at radius 3 is 2.91 bits per heavy atom. The first-order valence-electron chi connectivity index (χ1n) is 11.7. The van der Waals surface area contributed by atoms with E-state index in [4.69, 9.17) is 4.74 Å². The fourth-order valence-corrected chi connectivity index (χ4v) is 4.33. The smallest absolute Gasteiger partial charge is 0.254 e. The van der Waals surface area contributed by atoms with E-state index < -0.39 is 0 Å². The van der Waals surface area contributed by atoms with Crippen molar-refractivity contribution in [3.05, 3.63) is 90.0 Å². The minimum atomic E-state index is -0.274. The molecule has 1 saturated heterocycles. The molecule has 3 aromatic heterocycles. The summed E-state index contributed by atoms with van der Waals surface area (Å²) in [5.41, 5.74) is 3.11. The van der Waals surface area contributed by atoms with Gasteiger partial charge in [0.2, 0.25) is 5.91 Å². The van der Waals surface area contributed by atoms with Crippen LogP contribution in [-0.4, -0.2) is 44.2 Å². The van der Waals surface area contributed by atoms with Crippen molar-refractivity contribution in [2.24, 2.45) is 5.92 Å². The third-order valence-electron chi connectivity index (χ3n) is 6.21. The summed E-state index contributed by atoms with van der Waals surface area (Å²) in [6.07, 6.45) is 7.03. The Kier molecular flexibility index (Phi) is 6.43. The van der Waals surface area contributed by atoms with E-state index in [1.807, 2.05) is 66.2 Å². The number of carbonyl (C=O) groups is 2. The summed E-state index contributed by atoms with van der Waals surface area (Å²) in [7, 11) is 0. The van der Waals surface area contributed by atoms with Crippen LogP contribution in [0.1, 0.15) is 34.5 Å². The standard InChI is InChI=1S/C27H27N5O3/c1-19-7-5-12-28-25(19)30-26(33)21-9-6-14-32(16-21)27(34)20-8-4-10-23(15-20)35-18-22-17-31-13-3-2-11-24(31)29-22/h2-5,7-8,10-13,15,17,21H,6,9,14,16,18H2,1H3,(H,28,30,33). The van der Waals surface area contributed by atoms with Gasteiger partial charge in [-0.15, -0.1) is 0 Å². The Labute approximate surface area is 203 Å². The molecule has 1 aliphatic rings. The monoisotopic (exact) mass is 469 g/mol. The van der Waals surface area contributed by atoms with Crippen LogP contribution in [-0.2, 0) is 11.4 Å². The van der Waals surface area contributed by atoms with Crippen LogP contribution in [0.25, 0.3) is 5.65 Å². The third kappa shape index (κ3) is 5.16. The van der Waals surface area contributed by atoms with Gasteiger partial charge in [0.15, 0.2) is 0 Å². The molecule has 4 heterocycles. The van der Waals surface area contributed by atoms with Gasteiger partial charge in [-0.2, -0.15) is 0 Å².